The molecule has 1 aliphatic heterocycles. The first-order valence-electron chi connectivity index (χ1n) is 10.3. The van der Waals surface area contributed by atoms with Gasteiger partial charge >= 0.3 is 0 Å². The molecular formula is C25H21BrClFN2O2S. The van der Waals surface area contributed by atoms with Gasteiger partial charge in [0.25, 0.3) is 5.91 Å². The van der Waals surface area contributed by atoms with E-state index in [4.69, 9.17) is 16.3 Å². The number of rotatable bonds is 7. The largest absolute Gasteiger partial charge is 0.486 e. The van der Waals surface area contributed by atoms with E-state index in [1.54, 1.807) is 24.3 Å². The van der Waals surface area contributed by atoms with E-state index in [1.165, 1.54) is 29.5 Å². The van der Waals surface area contributed by atoms with Crippen LogP contribution in [-0.2, 0) is 17.8 Å². The second kappa shape index (κ2) is 10.6. The fourth-order valence-electron chi connectivity index (χ4n) is 3.24. The highest BCUT2D eigenvalue weighted by Crippen LogP contribution is 2.37. The molecule has 2 N–H and O–H groups in total. The van der Waals surface area contributed by atoms with Gasteiger partial charge < -0.3 is 15.4 Å². The molecule has 0 spiro atoms. The normalized spacial score (nSPS) is 16.7. The standard InChI is InChI=1S/C25H21BrClFN2O2S/c1-2-15-5-9-19(10-6-15)29-25-30-24(31)22(33-25)13-17-11-20(26)23(21(27)12-17)32-14-16-3-7-18(28)8-4-16/h3-13,25,29H,2,14H2,1H3,(H,30,31)/b22-13-/t25-/m1/s1. The van der Waals surface area contributed by atoms with E-state index in [-0.39, 0.29) is 23.8 Å². The Kier molecular flexibility index (Phi) is 7.63. The lowest BCUT2D eigenvalue weighted by Gasteiger charge is -2.13. The summed E-state index contributed by atoms with van der Waals surface area (Å²) in [6, 6.07) is 17.8. The Morgan fingerprint density at radius 3 is 2.52 bits per heavy atom. The molecule has 4 nitrogen and oxygen atoms in total. The molecule has 8 heteroatoms. The molecule has 33 heavy (non-hydrogen) atoms. The number of anilines is 1. The molecule has 3 aromatic carbocycles. The minimum absolute atomic E-state index is 0.147. The predicted octanol–water partition coefficient (Wildman–Crippen LogP) is 6.98. The van der Waals surface area contributed by atoms with Gasteiger partial charge in [0, 0.05) is 5.69 Å². The van der Waals surface area contributed by atoms with Crippen molar-refractivity contribution in [3.05, 3.63) is 97.6 Å². The first-order valence-corrected chi connectivity index (χ1v) is 12.4. The number of carbonyl (C=O) groups excluding carboxylic acids is 1. The highest BCUT2D eigenvalue weighted by atomic mass is 79.9. The summed E-state index contributed by atoms with van der Waals surface area (Å²) in [7, 11) is 0. The number of benzene rings is 3. The summed E-state index contributed by atoms with van der Waals surface area (Å²) >= 11 is 11.4. The lowest BCUT2D eigenvalue weighted by atomic mass is 10.1. The van der Waals surface area contributed by atoms with Crippen LogP contribution in [0.15, 0.2) is 70.0 Å². The first-order chi connectivity index (χ1) is 15.9. The Hall–Kier alpha value is -2.48. The average molecular weight is 548 g/mol. The Morgan fingerprint density at radius 2 is 1.85 bits per heavy atom. The van der Waals surface area contributed by atoms with Crippen molar-refractivity contribution in [1.29, 1.82) is 0 Å². The lowest BCUT2D eigenvalue weighted by molar-refractivity contribution is -0.116. The Morgan fingerprint density at radius 1 is 1.15 bits per heavy atom. The van der Waals surface area contributed by atoms with Crippen molar-refractivity contribution in [2.75, 3.05) is 5.32 Å². The molecule has 0 bridgehead atoms. The number of carbonyl (C=O) groups is 1. The molecule has 1 aliphatic rings. The number of ether oxygens (including phenoxy) is 1. The SMILES string of the molecule is CCc1ccc(N[C@@H]2NC(=O)/C(=C/c3cc(Cl)c(OCc4ccc(F)cc4)c(Br)c3)S2)cc1. The maximum Gasteiger partial charge on any atom is 0.260 e. The highest BCUT2D eigenvalue weighted by Gasteiger charge is 2.27. The average Bonchev–Trinajstić information content (AvgIpc) is 3.13. The van der Waals surface area contributed by atoms with E-state index in [0.717, 1.165) is 23.2 Å². The van der Waals surface area contributed by atoms with Crippen molar-refractivity contribution in [2.24, 2.45) is 0 Å². The molecule has 1 saturated heterocycles. The molecule has 1 fully saturated rings. The van der Waals surface area contributed by atoms with Gasteiger partial charge in [0.1, 0.15) is 12.4 Å². The van der Waals surface area contributed by atoms with Gasteiger partial charge in [0.05, 0.1) is 14.4 Å². The van der Waals surface area contributed by atoms with Crippen molar-refractivity contribution in [1.82, 2.24) is 5.32 Å². The zero-order valence-corrected chi connectivity index (χ0v) is 20.9. The summed E-state index contributed by atoms with van der Waals surface area (Å²) in [6.45, 7) is 2.37. The maximum absolute atomic E-state index is 13.1. The third kappa shape index (κ3) is 6.10. The van der Waals surface area contributed by atoms with Crippen molar-refractivity contribution < 1.29 is 13.9 Å². The monoisotopic (exact) mass is 546 g/mol. The van der Waals surface area contributed by atoms with E-state index >= 15 is 0 Å². The van der Waals surface area contributed by atoms with Crippen molar-refractivity contribution in [3.63, 3.8) is 0 Å². The van der Waals surface area contributed by atoms with E-state index in [0.29, 0.717) is 20.2 Å². The fraction of sp³-hybridized carbons (Fsp3) is 0.160. The van der Waals surface area contributed by atoms with E-state index < -0.39 is 0 Å². The van der Waals surface area contributed by atoms with Crippen LogP contribution in [0.2, 0.25) is 5.02 Å². The number of aryl methyl sites for hydroxylation is 1. The van der Waals surface area contributed by atoms with Crippen molar-refractivity contribution in [2.45, 2.75) is 25.4 Å². The Balaban J connectivity index is 1.43. The van der Waals surface area contributed by atoms with Crippen LogP contribution in [0, 0.1) is 5.82 Å². The maximum atomic E-state index is 13.1. The summed E-state index contributed by atoms with van der Waals surface area (Å²) in [5.74, 6) is 0.0457. The number of amides is 1. The van der Waals surface area contributed by atoms with Crippen LogP contribution in [0.25, 0.3) is 6.08 Å². The van der Waals surface area contributed by atoms with E-state index in [1.807, 2.05) is 18.2 Å². The van der Waals surface area contributed by atoms with Gasteiger partial charge in [-0.15, -0.1) is 0 Å². The zero-order valence-electron chi connectivity index (χ0n) is 17.7. The number of hydrogen-bond acceptors (Lipinski definition) is 4. The van der Waals surface area contributed by atoms with Gasteiger partial charge in [-0.3, -0.25) is 4.79 Å². The number of halogens is 3. The van der Waals surface area contributed by atoms with E-state index in [9.17, 15) is 9.18 Å². The predicted molar refractivity (Wildman–Crippen MR) is 137 cm³/mol. The Labute approximate surface area is 209 Å². The molecule has 0 aliphatic carbocycles. The summed E-state index contributed by atoms with van der Waals surface area (Å²) in [6.07, 6.45) is 2.78. The molecule has 0 aromatic heterocycles. The third-order valence-corrected chi connectivity index (χ3v) is 6.90. The summed E-state index contributed by atoms with van der Waals surface area (Å²) in [4.78, 5) is 13.0. The van der Waals surface area contributed by atoms with Crippen LogP contribution in [0.5, 0.6) is 5.75 Å². The molecule has 1 atom stereocenters. The molecule has 170 valence electrons. The van der Waals surface area contributed by atoms with Gasteiger partial charge in [-0.1, -0.05) is 54.6 Å². The fourth-order valence-corrected chi connectivity index (χ4v) is 5.22. The molecule has 0 saturated carbocycles. The van der Waals surface area contributed by atoms with Gasteiger partial charge in [-0.2, -0.15) is 0 Å². The molecule has 0 radical (unpaired) electrons. The van der Waals surface area contributed by atoms with Crippen LogP contribution in [0.3, 0.4) is 0 Å². The molecule has 0 unspecified atom stereocenters. The zero-order chi connectivity index (χ0) is 23.4. The number of nitrogens with one attached hydrogen (secondary N) is 2. The van der Waals surface area contributed by atoms with E-state index in [2.05, 4.69) is 45.6 Å². The minimum Gasteiger partial charge on any atom is -0.486 e. The summed E-state index contributed by atoms with van der Waals surface area (Å²) < 4.78 is 19.6. The topological polar surface area (TPSA) is 50.4 Å². The Bertz CT molecular complexity index is 1160. The van der Waals surface area contributed by atoms with Crippen molar-refractivity contribution >= 4 is 57.0 Å². The molecular weight excluding hydrogens is 527 g/mol. The van der Waals surface area contributed by atoms with Crippen LogP contribution in [0.1, 0.15) is 23.6 Å². The summed E-state index contributed by atoms with van der Waals surface area (Å²) in [5.41, 5.74) is 3.55. The van der Waals surface area contributed by atoms with Gasteiger partial charge in [0.2, 0.25) is 0 Å². The van der Waals surface area contributed by atoms with Gasteiger partial charge in [0.15, 0.2) is 11.2 Å². The number of thioether (sulfide) groups is 1. The second-order valence-corrected chi connectivity index (χ2v) is 9.81. The third-order valence-electron chi connectivity index (χ3n) is 5.01. The van der Waals surface area contributed by atoms with Crippen LogP contribution >= 0.6 is 39.3 Å². The van der Waals surface area contributed by atoms with Crippen LogP contribution in [-0.4, -0.2) is 11.4 Å². The molecule has 1 heterocycles. The van der Waals surface area contributed by atoms with Crippen LogP contribution < -0.4 is 15.4 Å². The molecule has 1 amide bonds. The van der Waals surface area contributed by atoms with Crippen molar-refractivity contribution in [3.8, 4) is 5.75 Å². The van der Waals surface area contributed by atoms with Gasteiger partial charge in [-0.25, -0.2) is 4.39 Å². The van der Waals surface area contributed by atoms with Crippen LogP contribution in [0.4, 0.5) is 10.1 Å². The molecule has 4 rings (SSSR count). The second-order valence-electron chi connectivity index (χ2n) is 7.40. The van der Waals surface area contributed by atoms with Gasteiger partial charge in [-0.05, 0) is 81.5 Å². The number of hydrogen-bond donors (Lipinski definition) is 2. The minimum atomic E-state index is -0.295. The summed E-state index contributed by atoms with van der Waals surface area (Å²) in [5, 5.41) is 6.66. The highest BCUT2D eigenvalue weighted by molar-refractivity contribution is 9.10. The quantitative estimate of drug-likeness (QED) is 0.313. The first kappa shape index (κ1) is 23.7. The lowest BCUT2D eigenvalue weighted by Crippen LogP contribution is -2.30. The molecule has 3 aromatic rings. The smallest absolute Gasteiger partial charge is 0.260 e.